The van der Waals surface area contributed by atoms with Crippen LogP contribution in [0.3, 0.4) is 0 Å². The van der Waals surface area contributed by atoms with Crippen molar-refractivity contribution < 1.29 is 14.0 Å². The second kappa shape index (κ2) is 7.17. The van der Waals surface area contributed by atoms with Gasteiger partial charge in [0.25, 0.3) is 0 Å². The molecule has 0 aromatic heterocycles. The Balaban J connectivity index is 1.85. The van der Waals surface area contributed by atoms with E-state index >= 15 is 0 Å². The highest BCUT2D eigenvalue weighted by Gasteiger charge is 2.20. The standard InChI is InChI=1S/C15H20FN3O2/c1-18(11-15(21)19-7-5-17-6-8-19)14(20)10-12-3-2-4-13(16)9-12/h2-4,9,17H,5-8,10-11H2,1H3. The zero-order valence-corrected chi connectivity index (χ0v) is 12.1. The maximum atomic E-state index is 13.1. The molecule has 0 radical (unpaired) electrons. The summed E-state index contributed by atoms with van der Waals surface area (Å²) in [6.45, 7) is 2.98. The van der Waals surface area contributed by atoms with Gasteiger partial charge in [0, 0.05) is 33.2 Å². The third-order valence-corrected chi connectivity index (χ3v) is 3.51. The number of nitrogens with zero attached hydrogens (tertiary/aromatic N) is 2. The van der Waals surface area contributed by atoms with E-state index in [1.54, 1.807) is 24.1 Å². The topological polar surface area (TPSA) is 52.7 Å². The number of hydrogen-bond donors (Lipinski definition) is 1. The van der Waals surface area contributed by atoms with Crippen LogP contribution in [0.1, 0.15) is 5.56 Å². The van der Waals surface area contributed by atoms with Crippen molar-refractivity contribution in [2.45, 2.75) is 6.42 Å². The summed E-state index contributed by atoms with van der Waals surface area (Å²) in [7, 11) is 1.60. The number of carbonyl (C=O) groups excluding carboxylic acids is 2. The van der Waals surface area contributed by atoms with Gasteiger partial charge in [0.05, 0.1) is 13.0 Å². The van der Waals surface area contributed by atoms with Crippen molar-refractivity contribution in [2.75, 3.05) is 39.8 Å². The smallest absolute Gasteiger partial charge is 0.242 e. The molecule has 1 saturated heterocycles. The lowest BCUT2D eigenvalue weighted by molar-refractivity contribution is -0.139. The minimum atomic E-state index is -0.361. The Hall–Kier alpha value is -1.95. The van der Waals surface area contributed by atoms with Crippen LogP contribution >= 0.6 is 0 Å². The number of benzene rings is 1. The third-order valence-electron chi connectivity index (χ3n) is 3.51. The highest BCUT2D eigenvalue weighted by Crippen LogP contribution is 2.06. The van der Waals surface area contributed by atoms with Crippen molar-refractivity contribution >= 4 is 11.8 Å². The highest BCUT2D eigenvalue weighted by atomic mass is 19.1. The van der Waals surface area contributed by atoms with Gasteiger partial charge in [0.15, 0.2) is 0 Å². The molecule has 114 valence electrons. The number of amides is 2. The Morgan fingerprint density at radius 2 is 2.05 bits per heavy atom. The van der Waals surface area contributed by atoms with Crippen LogP contribution in [-0.4, -0.2) is 61.4 Å². The summed E-state index contributed by atoms with van der Waals surface area (Å²) in [6.07, 6.45) is 0.100. The van der Waals surface area contributed by atoms with E-state index in [9.17, 15) is 14.0 Å². The molecule has 1 heterocycles. The molecule has 0 atom stereocenters. The van der Waals surface area contributed by atoms with Crippen molar-refractivity contribution in [1.82, 2.24) is 15.1 Å². The van der Waals surface area contributed by atoms with Crippen molar-refractivity contribution in [2.24, 2.45) is 0 Å². The number of likely N-dealkylation sites (N-methyl/N-ethyl adjacent to an activating group) is 1. The zero-order valence-electron chi connectivity index (χ0n) is 12.1. The summed E-state index contributed by atoms with van der Waals surface area (Å²) >= 11 is 0. The molecule has 0 spiro atoms. The molecule has 0 saturated carbocycles. The monoisotopic (exact) mass is 293 g/mol. The maximum Gasteiger partial charge on any atom is 0.242 e. The van der Waals surface area contributed by atoms with Gasteiger partial charge in [-0.05, 0) is 17.7 Å². The van der Waals surface area contributed by atoms with Crippen LogP contribution in [0.5, 0.6) is 0 Å². The average Bonchev–Trinajstić information content (AvgIpc) is 2.48. The largest absolute Gasteiger partial charge is 0.339 e. The van der Waals surface area contributed by atoms with Gasteiger partial charge in [-0.25, -0.2) is 4.39 Å². The van der Waals surface area contributed by atoms with Gasteiger partial charge in [0.1, 0.15) is 5.82 Å². The van der Waals surface area contributed by atoms with Crippen LogP contribution in [0, 0.1) is 5.82 Å². The van der Waals surface area contributed by atoms with Gasteiger partial charge in [-0.2, -0.15) is 0 Å². The molecular formula is C15H20FN3O2. The summed E-state index contributed by atoms with van der Waals surface area (Å²) < 4.78 is 13.1. The fourth-order valence-electron chi connectivity index (χ4n) is 2.26. The van der Waals surface area contributed by atoms with E-state index in [0.29, 0.717) is 18.7 Å². The molecule has 1 fully saturated rings. The number of carbonyl (C=O) groups is 2. The Labute approximate surface area is 123 Å². The second-order valence-electron chi connectivity index (χ2n) is 5.19. The van der Waals surface area contributed by atoms with Crippen molar-refractivity contribution in [3.05, 3.63) is 35.6 Å². The molecule has 2 rings (SSSR count). The van der Waals surface area contributed by atoms with E-state index in [1.807, 2.05) is 0 Å². The average molecular weight is 293 g/mol. The van der Waals surface area contributed by atoms with Gasteiger partial charge in [-0.1, -0.05) is 12.1 Å². The van der Waals surface area contributed by atoms with Crippen molar-refractivity contribution in [3.8, 4) is 0 Å². The van der Waals surface area contributed by atoms with Crippen LogP contribution < -0.4 is 5.32 Å². The van der Waals surface area contributed by atoms with Crippen LogP contribution in [0.15, 0.2) is 24.3 Å². The molecule has 0 unspecified atom stereocenters. The van der Waals surface area contributed by atoms with E-state index in [1.165, 1.54) is 17.0 Å². The lowest BCUT2D eigenvalue weighted by atomic mass is 10.1. The first-order valence-corrected chi connectivity index (χ1v) is 7.03. The van der Waals surface area contributed by atoms with Crippen LogP contribution in [0.25, 0.3) is 0 Å². The number of halogens is 1. The van der Waals surface area contributed by atoms with Gasteiger partial charge >= 0.3 is 0 Å². The first-order valence-electron chi connectivity index (χ1n) is 7.03. The number of hydrogen-bond acceptors (Lipinski definition) is 3. The molecule has 1 N–H and O–H groups in total. The first-order chi connectivity index (χ1) is 10.1. The molecule has 0 aliphatic carbocycles. The Bertz CT molecular complexity index is 515. The molecule has 1 aliphatic heterocycles. The zero-order chi connectivity index (χ0) is 15.2. The third kappa shape index (κ3) is 4.53. The molecular weight excluding hydrogens is 273 g/mol. The quantitative estimate of drug-likeness (QED) is 0.866. The highest BCUT2D eigenvalue weighted by molar-refractivity contribution is 5.85. The number of nitrogens with one attached hydrogen (secondary N) is 1. The molecule has 21 heavy (non-hydrogen) atoms. The summed E-state index contributed by atoms with van der Waals surface area (Å²) in [4.78, 5) is 27.3. The number of rotatable bonds is 4. The van der Waals surface area contributed by atoms with E-state index in [-0.39, 0.29) is 30.6 Å². The summed E-state index contributed by atoms with van der Waals surface area (Å²) in [5.41, 5.74) is 0.612. The SMILES string of the molecule is CN(CC(=O)N1CCNCC1)C(=O)Cc1cccc(F)c1. The fraction of sp³-hybridized carbons (Fsp3) is 0.467. The molecule has 0 bridgehead atoms. The van der Waals surface area contributed by atoms with Crippen LogP contribution in [0.2, 0.25) is 0 Å². The summed E-state index contributed by atoms with van der Waals surface area (Å²) in [6, 6.07) is 5.95. The predicted octanol–water partition coefficient (Wildman–Crippen LogP) is 0.258. The first kappa shape index (κ1) is 15.4. The second-order valence-corrected chi connectivity index (χ2v) is 5.19. The minimum absolute atomic E-state index is 0.0495. The lowest BCUT2D eigenvalue weighted by Gasteiger charge is -2.29. The van der Waals surface area contributed by atoms with Crippen molar-refractivity contribution in [1.29, 1.82) is 0 Å². The van der Waals surface area contributed by atoms with Crippen molar-refractivity contribution in [3.63, 3.8) is 0 Å². The molecule has 1 aliphatic rings. The maximum absolute atomic E-state index is 13.1. The molecule has 1 aromatic carbocycles. The fourth-order valence-corrected chi connectivity index (χ4v) is 2.26. The summed E-state index contributed by atoms with van der Waals surface area (Å²) in [5, 5.41) is 3.17. The van der Waals surface area contributed by atoms with E-state index in [2.05, 4.69) is 5.32 Å². The molecule has 6 heteroatoms. The molecule has 1 aromatic rings. The van der Waals surface area contributed by atoms with Gasteiger partial charge < -0.3 is 15.1 Å². The normalized spacial score (nSPS) is 14.9. The minimum Gasteiger partial charge on any atom is -0.339 e. The van der Waals surface area contributed by atoms with Gasteiger partial charge in [-0.3, -0.25) is 9.59 Å². The van der Waals surface area contributed by atoms with Crippen LogP contribution in [0.4, 0.5) is 4.39 Å². The molecule has 5 nitrogen and oxygen atoms in total. The van der Waals surface area contributed by atoms with E-state index in [4.69, 9.17) is 0 Å². The van der Waals surface area contributed by atoms with Gasteiger partial charge in [-0.15, -0.1) is 0 Å². The molecule has 2 amide bonds. The van der Waals surface area contributed by atoms with Gasteiger partial charge in [0.2, 0.25) is 11.8 Å². The van der Waals surface area contributed by atoms with Crippen LogP contribution in [-0.2, 0) is 16.0 Å². The predicted molar refractivity (Wildman–Crippen MR) is 77.2 cm³/mol. The summed E-state index contributed by atoms with van der Waals surface area (Å²) in [5.74, 6) is -0.601. The Kier molecular flexibility index (Phi) is 5.27. The van der Waals surface area contributed by atoms with E-state index in [0.717, 1.165) is 13.1 Å². The Morgan fingerprint density at radius 3 is 2.71 bits per heavy atom. The Morgan fingerprint density at radius 1 is 1.33 bits per heavy atom. The lowest BCUT2D eigenvalue weighted by Crippen LogP contribution is -2.49. The number of piperazine rings is 1. The van der Waals surface area contributed by atoms with E-state index < -0.39 is 0 Å².